The smallest absolute Gasteiger partial charge is 0.0343 e. The lowest BCUT2D eigenvalue weighted by atomic mass is 10.1. The van der Waals surface area contributed by atoms with Crippen molar-refractivity contribution in [2.45, 2.75) is 6.42 Å². The van der Waals surface area contributed by atoms with E-state index in [9.17, 15) is 0 Å². The summed E-state index contributed by atoms with van der Waals surface area (Å²) in [6, 6.07) is 4.09. The maximum Gasteiger partial charge on any atom is 0.0343 e. The van der Waals surface area contributed by atoms with Crippen LogP contribution in [0.4, 0.5) is 0 Å². The zero-order valence-corrected chi connectivity index (χ0v) is 8.42. The van der Waals surface area contributed by atoms with Gasteiger partial charge in [0.05, 0.1) is 0 Å². The molecule has 1 aromatic heterocycles. The highest BCUT2D eigenvalue weighted by Crippen LogP contribution is 2.22. The van der Waals surface area contributed by atoms with E-state index in [4.69, 9.17) is 0 Å². The highest BCUT2D eigenvalue weighted by Gasteiger charge is 2.09. The summed E-state index contributed by atoms with van der Waals surface area (Å²) in [4.78, 5) is 6.31. The van der Waals surface area contributed by atoms with Gasteiger partial charge in [0.2, 0.25) is 0 Å². The minimum atomic E-state index is 0. The predicted molar refractivity (Wildman–Crippen MR) is 56.7 cm³/mol. The van der Waals surface area contributed by atoms with Crippen molar-refractivity contribution >= 4 is 18.0 Å². The van der Waals surface area contributed by atoms with Gasteiger partial charge >= 0.3 is 0 Å². The molecule has 0 radical (unpaired) electrons. The predicted octanol–water partition coefficient (Wildman–Crippen LogP) is 2.18. The van der Waals surface area contributed by atoms with Crippen LogP contribution in [-0.4, -0.2) is 23.5 Å². The van der Waals surface area contributed by atoms with E-state index in [2.05, 4.69) is 29.2 Å². The molecule has 1 aliphatic rings. The Kier molecular flexibility index (Phi) is 3.32. The molecule has 2 heterocycles. The number of pyridine rings is 1. The van der Waals surface area contributed by atoms with E-state index in [0.29, 0.717) is 0 Å². The molecule has 1 aromatic rings. The Morgan fingerprint density at radius 2 is 2.31 bits per heavy atom. The van der Waals surface area contributed by atoms with Crippen molar-refractivity contribution in [1.29, 1.82) is 0 Å². The van der Waals surface area contributed by atoms with Gasteiger partial charge in [-0.15, -0.1) is 12.4 Å². The molecule has 3 heteroatoms. The van der Waals surface area contributed by atoms with Crippen LogP contribution >= 0.6 is 12.4 Å². The number of nitrogens with zero attached hydrogens (tertiary/aromatic N) is 2. The third-order valence-electron chi connectivity index (χ3n) is 2.14. The molecule has 0 saturated carbocycles. The van der Waals surface area contributed by atoms with Gasteiger partial charge in [-0.25, -0.2) is 0 Å². The molecule has 0 saturated heterocycles. The Hall–Kier alpha value is -1.02. The molecule has 70 valence electrons. The van der Waals surface area contributed by atoms with Gasteiger partial charge in [0.25, 0.3) is 0 Å². The zero-order chi connectivity index (χ0) is 8.39. The normalized spacial score (nSPS) is 15.2. The van der Waals surface area contributed by atoms with Crippen LogP contribution in [0.5, 0.6) is 0 Å². The fourth-order valence-corrected chi connectivity index (χ4v) is 1.46. The standard InChI is InChI=1S/C10H12N2.ClH/c1-12-6-4-10(8-12)9-3-2-5-11-7-9;/h2-3,5,7-8H,4,6H2,1H3;1H. The average molecular weight is 197 g/mol. The second-order valence-corrected chi connectivity index (χ2v) is 3.13. The lowest BCUT2D eigenvalue weighted by Crippen LogP contribution is -2.04. The number of hydrogen-bond donors (Lipinski definition) is 0. The molecule has 2 rings (SSSR count). The van der Waals surface area contributed by atoms with Crippen molar-refractivity contribution in [3.05, 3.63) is 36.3 Å². The molecule has 0 bridgehead atoms. The molecule has 0 atom stereocenters. The number of halogens is 1. The van der Waals surface area contributed by atoms with Crippen LogP contribution in [0, 0.1) is 0 Å². The first-order chi connectivity index (χ1) is 5.86. The zero-order valence-electron chi connectivity index (χ0n) is 7.60. The summed E-state index contributed by atoms with van der Waals surface area (Å²) < 4.78 is 0. The third kappa shape index (κ3) is 2.22. The van der Waals surface area contributed by atoms with Gasteiger partial charge in [-0.1, -0.05) is 6.07 Å². The van der Waals surface area contributed by atoms with Crippen molar-refractivity contribution in [3.8, 4) is 0 Å². The van der Waals surface area contributed by atoms with Crippen LogP contribution in [0.2, 0.25) is 0 Å². The molecule has 0 N–H and O–H groups in total. The van der Waals surface area contributed by atoms with Crippen LogP contribution in [0.15, 0.2) is 30.7 Å². The first-order valence-corrected chi connectivity index (χ1v) is 4.17. The summed E-state index contributed by atoms with van der Waals surface area (Å²) in [6.07, 6.45) is 7.06. The molecule has 0 spiro atoms. The van der Waals surface area contributed by atoms with E-state index in [1.165, 1.54) is 11.1 Å². The quantitative estimate of drug-likeness (QED) is 0.685. The number of hydrogen-bond acceptors (Lipinski definition) is 2. The van der Waals surface area contributed by atoms with Crippen molar-refractivity contribution in [2.75, 3.05) is 13.6 Å². The summed E-state index contributed by atoms with van der Waals surface area (Å²) in [6.45, 7) is 1.13. The van der Waals surface area contributed by atoms with Crippen LogP contribution in [-0.2, 0) is 0 Å². The first-order valence-electron chi connectivity index (χ1n) is 4.17. The summed E-state index contributed by atoms with van der Waals surface area (Å²) in [7, 11) is 2.10. The molecule has 0 unspecified atom stereocenters. The molecular formula is C10H13ClN2. The largest absolute Gasteiger partial charge is 0.380 e. The molecule has 1 aliphatic heterocycles. The Balaban J connectivity index is 0.000000845. The van der Waals surface area contributed by atoms with Crippen molar-refractivity contribution in [1.82, 2.24) is 9.88 Å². The molecule has 2 nitrogen and oxygen atoms in total. The van der Waals surface area contributed by atoms with E-state index in [1.54, 1.807) is 0 Å². The molecule has 0 amide bonds. The van der Waals surface area contributed by atoms with Crippen LogP contribution < -0.4 is 0 Å². The van der Waals surface area contributed by atoms with Crippen molar-refractivity contribution < 1.29 is 0 Å². The molecule has 0 aromatic carbocycles. The second-order valence-electron chi connectivity index (χ2n) is 3.13. The van der Waals surface area contributed by atoms with E-state index in [-0.39, 0.29) is 12.4 Å². The van der Waals surface area contributed by atoms with Gasteiger partial charge < -0.3 is 4.90 Å². The SMILES string of the molecule is CN1C=C(c2cccnc2)CC1.Cl. The lowest BCUT2D eigenvalue weighted by molar-refractivity contribution is 0.496. The fraction of sp³-hybridized carbons (Fsp3) is 0.300. The summed E-state index contributed by atoms with van der Waals surface area (Å²) in [5.41, 5.74) is 2.65. The maximum absolute atomic E-state index is 4.09. The van der Waals surface area contributed by atoms with Crippen LogP contribution in [0.1, 0.15) is 12.0 Å². The Labute approximate surface area is 84.7 Å². The van der Waals surface area contributed by atoms with Gasteiger partial charge in [-0.3, -0.25) is 4.98 Å². The average Bonchev–Trinajstić information content (AvgIpc) is 2.54. The molecular weight excluding hydrogens is 184 g/mol. The van der Waals surface area contributed by atoms with E-state index < -0.39 is 0 Å². The van der Waals surface area contributed by atoms with Gasteiger partial charge in [-0.05, 0) is 23.6 Å². The van der Waals surface area contributed by atoms with E-state index >= 15 is 0 Å². The number of aromatic nitrogens is 1. The first kappa shape index (κ1) is 10.1. The summed E-state index contributed by atoms with van der Waals surface area (Å²) >= 11 is 0. The van der Waals surface area contributed by atoms with Crippen molar-refractivity contribution in [3.63, 3.8) is 0 Å². The third-order valence-corrected chi connectivity index (χ3v) is 2.14. The highest BCUT2D eigenvalue weighted by molar-refractivity contribution is 5.85. The van der Waals surface area contributed by atoms with Gasteiger partial charge in [0.15, 0.2) is 0 Å². The maximum atomic E-state index is 4.09. The van der Waals surface area contributed by atoms with Crippen LogP contribution in [0.25, 0.3) is 5.57 Å². The van der Waals surface area contributed by atoms with Gasteiger partial charge in [0.1, 0.15) is 0 Å². The summed E-state index contributed by atoms with van der Waals surface area (Å²) in [5, 5.41) is 0. The highest BCUT2D eigenvalue weighted by atomic mass is 35.5. The topological polar surface area (TPSA) is 16.1 Å². The summed E-state index contributed by atoms with van der Waals surface area (Å²) in [5.74, 6) is 0. The Bertz CT molecular complexity index is 295. The number of rotatable bonds is 1. The second kappa shape index (κ2) is 4.28. The lowest BCUT2D eigenvalue weighted by Gasteiger charge is -2.02. The van der Waals surface area contributed by atoms with Crippen molar-refractivity contribution in [2.24, 2.45) is 0 Å². The molecule has 0 fully saturated rings. The molecule has 13 heavy (non-hydrogen) atoms. The minimum absolute atomic E-state index is 0. The molecule has 0 aliphatic carbocycles. The van der Waals surface area contributed by atoms with Gasteiger partial charge in [0, 0.05) is 32.2 Å². The van der Waals surface area contributed by atoms with Crippen LogP contribution in [0.3, 0.4) is 0 Å². The van der Waals surface area contributed by atoms with E-state index in [0.717, 1.165) is 13.0 Å². The monoisotopic (exact) mass is 196 g/mol. The Morgan fingerprint density at radius 1 is 1.46 bits per heavy atom. The minimum Gasteiger partial charge on any atom is -0.380 e. The van der Waals surface area contributed by atoms with Gasteiger partial charge in [-0.2, -0.15) is 0 Å². The fourth-order valence-electron chi connectivity index (χ4n) is 1.46. The Morgan fingerprint density at radius 3 is 2.85 bits per heavy atom. The van der Waals surface area contributed by atoms with E-state index in [1.807, 2.05) is 18.5 Å².